The minimum atomic E-state index is -2.99. The fourth-order valence-corrected chi connectivity index (χ4v) is 16.0. The zero-order chi connectivity index (χ0) is 15.5. The van der Waals surface area contributed by atoms with E-state index >= 15 is 0 Å². The Balaban J connectivity index is 2.81. The van der Waals surface area contributed by atoms with E-state index in [9.17, 15) is 13.7 Å². The lowest BCUT2D eigenvalue weighted by molar-refractivity contribution is 0.0592. The minimum absolute atomic E-state index is 0.230. The van der Waals surface area contributed by atoms with Crippen LogP contribution >= 0.6 is 0 Å². The van der Waals surface area contributed by atoms with Gasteiger partial charge in [0.05, 0.1) is 6.54 Å². The lowest BCUT2D eigenvalue weighted by Crippen LogP contribution is -2.55. The molecule has 1 rings (SSSR count). The molecule has 1 aliphatic rings. The Kier molecular flexibility index (Phi) is 6.39. The van der Waals surface area contributed by atoms with E-state index in [0.717, 1.165) is 0 Å². The summed E-state index contributed by atoms with van der Waals surface area (Å²) in [7, 11) is -8.72. The number of carbonyl (C=O) groups is 1. The van der Waals surface area contributed by atoms with E-state index in [1.807, 2.05) is 19.6 Å². The van der Waals surface area contributed by atoms with Gasteiger partial charge < -0.3 is 16.5 Å². The third kappa shape index (κ3) is 4.96. The number of carbonyl (C=O) groups excluding carboxylic acids is 1. The number of hydrogen-bond donors (Lipinski definition) is 0. The largest absolute Gasteiger partial charge is 0.428 e. The third-order valence-corrected chi connectivity index (χ3v) is 16.5. The van der Waals surface area contributed by atoms with Crippen molar-refractivity contribution >= 4 is 42.6 Å². The van der Waals surface area contributed by atoms with Gasteiger partial charge in [-0.15, -0.1) is 9.51 Å². The predicted molar refractivity (Wildman–Crippen MR) is 78.5 cm³/mol. The monoisotopic (exact) mass is 359 g/mol. The summed E-state index contributed by atoms with van der Waals surface area (Å²) in [6, 6.07) is 0. The topological polar surface area (TPSA) is 57.2 Å². The fourth-order valence-electron chi connectivity index (χ4n) is 1.83. The molecule has 1 saturated heterocycles. The summed E-state index contributed by atoms with van der Waals surface area (Å²) in [4.78, 5) is 10.3. The zero-order valence-electron chi connectivity index (χ0n) is 11.9. The predicted octanol–water partition coefficient (Wildman–Crippen LogP) is 1.06. The standard InChI is InChI=1S/C8H19F2NO5Si4/c1-7(6-11(10)8(9)12)20(5)15-18(3)13-17(2)14-19(4)16-20/h17-19H,1,6H2,2-5H3. The molecule has 116 valence electrons. The molecule has 12 heteroatoms. The Morgan fingerprint density at radius 1 is 1.20 bits per heavy atom. The van der Waals surface area contributed by atoms with E-state index in [0.29, 0.717) is 0 Å². The van der Waals surface area contributed by atoms with Crippen LogP contribution in [0.3, 0.4) is 0 Å². The van der Waals surface area contributed by atoms with E-state index in [1.165, 1.54) is 0 Å². The number of rotatable bonds is 3. The molecule has 0 aromatic rings. The van der Waals surface area contributed by atoms with E-state index in [2.05, 4.69) is 6.58 Å². The van der Waals surface area contributed by atoms with E-state index in [1.54, 1.807) is 6.55 Å². The van der Waals surface area contributed by atoms with Crippen molar-refractivity contribution in [3.05, 3.63) is 11.8 Å². The molecule has 0 radical (unpaired) electrons. The van der Waals surface area contributed by atoms with E-state index in [4.69, 9.17) is 16.5 Å². The van der Waals surface area contributed by atoms with Gasteiger partial charge in [-0.2, -0.15) is 0 Å². The Hall–Kier alpha value is -0.222. The molecular formula is C8H19F2NO5Si4. The van der Waals surface area contributed by atoms with Crippen LogP contribution in [0.5, 0.6) is 0 Å². The van der Waals surface area contributed by atoms with Crippen molar-refractivity contribution in [2.24, 2.45) is 0 Å². The molecule has 0 saturated carbocycles. The Morgan fingerprint density at radius 3 is 2.05 bits per heavy atom. The highest BCUT2D eigenvalue weighted by Crippen LogP contribution is 2.23. The van der Waals surface area contributed by atoms with Crippen LogP contribution in [-0.4, -0.2) is 54.2 Å². The smallest absolute Gasteiger partial charge is 0.420 e. The quantitative estimate of drug-likeness (QED) is 0.326. The van der Waals surface area contributed by atoms with Gasteiger partial charge >= 0.3 is 33.3 Å². The van der Waals surface area contributed by atoms with Gasteiger partial charge in [-0.1, -0.05) is 11.1 Å². The molecule has 0 aliphatic carbocycles. The van der Waals surface area contributed by atoms with Crippen molar-refractivity contribution < 1.29 is 30.1 Å². The summed E-state index contributed by atoms with van der Waals surface area (Å²) < 4.78 is 48.4. The Labute approximate surface area is 123 Å². The lowest BCUT2D eigenvalue weighted by Gasteiger charge is -2.38. The first-order valence-electron chi connectivity index (χ1n) is 6.11. The first kappa shape index (κ1) is 17.8. The molecule has 0 N–H and O–H groups in total. The maximum absolute atomic E-state index is 13.1. The molecule has 0 aromatic carbocycles. The molecule has 2 unspecified atom stereocenters. The van der Waals surface area contributed by atoms with Crippen LogP contribution in [0.25, 0.3) is 0 Å². The highest BCUT2D eigenvalue weighted by atomic mass is 28.5. The van der Waals surface area contributed by atoms with Crippen LogP contribution in [-0.2, 0) is 16.5 Å². The van der Waals surface area contributed by atoms with Crippen LogP contribution in [0.4, 0.5) is 13.7 Å². The summed E-state index contributed by atoms with van der Waals surface area (Å²) in [6.45, 7) is 10.3. The zero-order valence-corrected chi connectivity index (χ0v) is 16.4. The van der Waals surface area contributed by atoms with Gasteiger partial charge in [-0.05, 0) is 31.4 Å². The molecule has 2 atom stereocenters. The van der Waals surface area contributed by atoms with Crippen molar-refractivity contribution in [3.8, 4) is 0 Å². The summed E-state index contributed by atoms with van der Waals surface area (Å²) in [5.41, 5.74) is 0. The molecular weight excluding hydrogens is 340 g/mol. The third-order valence-electron chi connectivity index (χ3n) is 2.71. The molecule has 20 heavy (non-hydrogen) atoms. The van der Waals surface area contributed by atoms with Gasteiger partial charge in [0, 0.05) is 0 Å². The number of halogens is 2. The van der Waals surface area contributed by atoms with Crippen molar-refractivity contribution in [1.82, 2.24) is 5.12 Å². The lowest BCUT2D eigenvalue weighted by atomic mass is 10.6. The number of nitrogens with zero attached hydrogens (tertiary/aromatic N) is 1. The minimum Gasteiger partial charge on any atom is -0.420 e. The molecule has 0 spiro atoms. The molecule has 1 heterocycles. The Bertz CT molecular complexity index is 376. The van der Waals surface area contributed by atoms with Crippen molar-refractivity contribution in [2.45, 2.75) is 26.2 Å². The van der Waals surface area contributed by atoms with Gasteiger partial charge in [0.2, 0.25) is 0 Å². The maximum atomic E-state index is 13.1. The van der Waals surface area contributed by atoms with E-state index < -0.39 is 54.2 Å². The second-order valence-corrected chi connectivity index (χ2v) is 14.6. The summed E-state index contributed by atoms with van der Waals surface area (Å²) in [5.74, 6) is 0. The SMILES string of the molecule is C=C(CN(F)C(=O)F)[Si]1(C)O[SiH](C)O[SiH](C)O[SiH](C)O1. The summed E-state index contributed by atoms with van der Waals surface area (Å²) >= 11 is 0. The van der Waals surface area contributed by atoms with Gasteiger partial charge in [-0.3, -0.25) is 0 Å². The van der Waals surface area contributed by atoms with Crippen LogP contribution < -0.4 is 0 Å². The highest BCUT2D eigenvalue weighted by molar-refractivity contribution is 6.85. The molecule has 0 aromatic heterocycles. The van der Waals surface area contributed by atoms with Gasteiger partial charge in [-0.25, -0.2) is 4.79 Å². The van der Waals surface area contributed by atoms with Crippen molar-refractivity contribution in [1.29, 1.82) is 0 Å². The fraction of sp³-hybridized carbons (Fsp3) is 0.625. The van der Waals surface area contributed by atoms with Crippen molar-refractivity contribution in [3.63, 3.8) is 0 Å². The van der Waals surface area contributed by atoms with Crippen molar-refractivity contribution in [2.75, 3.05) is 6.54 Å². The second-order valence-electron chi connectivity index (χ2n) is 4.53. The number of amides is 1. The first-order valence-corrected chi connectivity index (χ1v) is 14.7. The Morgan fingerprint density at radius 2 is 1.65 bits per heavy atom. The van der Waals surface area contributed by atoms with Crippen LogP contribution in [0.1, 0.15) is 0 Å². The molecule has 1 aliphatic heterocycles. The first-order chi connectivity index (χ1) is 9.14. The van der Waals surface area contributed by atoms with Crippen LogP contribution in [0.2, 0.25) is 26.2 Å². The molecule has 1 fully saturated rings. The normalized spacial score (nSPS) is 35.0. The second kappa shape index (κ2) is 7.17. The van der Waals surface area contributed by atoms with Gasteiger partial charge in [0.1, 0.15) is 0 Å². The van der Waals surface area contributed by atoms with Gasteiger partial charge in [0.15, 0.2) is 0 Å². The molecule has 0 bridgehead atoms. The summed E-state index contributed by atoms with van der Waals surface area (Å²) in [5, 5.41) is -0.322. The molecule has 1 amide bonds. The molecule has 6 nitrogen and oxygen atoms in total. The van der Waals surface area contributed by atoms with Gasteiger partial charge in [0.25, 0.3) is 9.28 Å². The average Bonchev–Trinajstić information content (AvgIpc) is 2.25. The number of hydrogen-bond acceptors (Lipinski definition) is 5. The highest BCUT2D eigenvalue weighted by Gasteiger charge is 2.43. The van der Waals surface area contributed by atoms with E-state index in [-0.39, 0.29) is 5.20 Å². The maximum Gasteiger partial charge on any atom is 0.428 e. The summed E-state index contributed by atoms with van der Waals surface area (Å²) in [6.07, 6.45) is -2.17. The average molecular weight is 360 g/mol. The van der Waals surface area contributed by atoms with Crippen LogP contribution in [0.15, 0.2) is 11.8 Å². The van der Waals surface area contributed by atoms with Crippen LogP contribution in [0, 0.1) is 0 Å².